The Morgan fingerprint density at radius 3 is 2.67 bits per heavy atom. The Hall–Kier alpha value is -1.29. The predicted molar refractivity (Wildman–Crippen MR) is 87.5 cm³/mol. The summed E-state index contributed by atoms with van der Waals surface area (Å²) in [6.45, 7) is 5.02. The van der Waals surface area contributed by atoms with Gasteiger partial charge < -0.3 is 9.73 Å². The van der Waals surface area contributed by atoms with Crippen molar-refractivity contribution in [1.82, 2.24) is 10.2 Å². The molecule has 0 amide bonds. The van der Waals surface area contributed by atoms with Gasteiger partial charge in [0.1, 0.15) is 5.76 Å². The molecule has 0 saturated heterocycles. The number of nitrogens with one attached hydrogen (secondary N) is 1. The molecule has 0 fully saturated rings. The monoisotopic (exact) mass is 306 g/mol. The van der Waals surface area contributed by atoms with Crippen molar-refractivity contribution >= 4 is 11.6 Å². The zero-order chi connectivity index (χ0) is 15.1. The topological polar surface area (TPSA) is 28.4 Å². The maximum atomic E-state index is 6.29. The minimum atomic E-state index is 0.268. The van der Waals surface area contributed by atoms with E-state index in [1.165, 1.54) is 0 Å². The molecule has 21 heavy (non-hydrogen) atoms. The minimum absolute atomic E-state index is 0.268. The average molecular weight is 307 g/mol. The number of hydrogen-bond acceptors (Lipinski definition) is 3. The van der Waals surface area contributed by atoms with Crippen LogP contribution in [0.2, 0.25) is 5.02 Å². The third-order valence-electron chi connectivity index (χ3n) is 3.77. The molecule has 0 aliphatic carbocycles. The molecule has 0 radical (unpaired) electrons. The van der Waals surface area contributed by atoms with Gasteiger partial charge >= 0.3 is 0 Å². The summed E-state index contributed by atoms with van der Waals surface area (Å²) >= 11 is 6.29. The summed E-state index contributed by atoms with van der Waals surface area (Å²) in [5.41, 5.74) is 1.16. The second kappa shape index (κ2) is 8.23. The fourth-order valence-electron chi connectivity index (χ4n) is 2.50. The molecule has 3 nitrogen and oxygen atoms in total. The number of rotatable bonds is 8. The molecule has 114 valence electrons. The van der Waals surface area contributed by atoms with E-state index >= 15 is 0 Å². The molecule has 0 saturated carbocycles. The second-order valence-corrected chi connectivity index (χ2v) is 5.51. The fourth-order valence-corrected chi connectivity index (χ4v) is 2.76. The van der Waals surface area contributed by atoms with E-state index in [9.17, 15) is 0 Å². The molecule has 2 rings (SSSR count). The molecule has 1 N–H and O–H groups in total. The lowest BCUT2D eigenvalue weighted by Gasteiger charge is -2.24. The van der Waals surface area contributed by atoms with Gasteiger partial charge in [-0.05, 0) is 43.8 Å². The summed E-state index contributed by atoms with van der Waals surface area (Å²) in [7, 11) is 1.98. The Balaban J connectivity index is 1.94. The van der Waals surface area contributed by atoms with E-state index in [-0.39, 0.29) is 6.04 Å². The van der Waals surface area contributed by atoms with E-state index in [4.69, 9.17) is 16.0 Å². The summed E-state index contributed by atoms with van der Waals surface area (Å²) in [6, 6.07) is 12.3. The van der Waals surface area contributed by atoms with Crippen LogP contribution < -0.4 is 5.32 Å². The molecule has 0 spiro atoms. The van der Waals surface area contributed by atoms with E-state index in [2.05, 4.69) is 23.2 Å². The van der Waals surface area contributed by atoms with Gasteiger partial charge in [-0.15, -0.1) is 0 Å². The van der Waals surface area contributed by atoms with E-state index in [1.54, 1.807) is 6.26 Å². The molecule has 2 aromatic rings. The smallest absolute Gasteiger partial charge is 0.117 e. The summed E-state index contributed by atoms with van der Waals surface area (Å²) in [5.74, 6) is 1.01. The van der Waals surface area contributed by atoms with Crippen molar-refractivity contribution < 1.29 is 4.42 Å². The van der Waals surface area contributed by atoms with Gasteiger partial charge in [0.2, 0.25) is 0 Å². The third-order valence-corrected chi connectivity index (χ3v) is 4.11. The predicted octanol–water partition coefficient (Wildman–Crippen LogP) is 4.11. The van der Waals surface area contributed by atoms with Crippen LogP contribution in [0.3, 0.4) is 0 Å². The Bertz CT molecular complexity index is 527. The van der Waals surface area contributed by atoms with Crippen LogP contribution in [0, 0.1) is 0 Å². The second-order valence-electron chi connectivity index (χ2n) is 5.10. The van der Waals surface area contributed by atoms with Crippen LogP contribution in [0.4, 0.5) is 0 Å². The average Bonchev–Trinajstić information content (AvgIpc) is 3.01. The van der Waals surface area contributed by atoms with Gasteiger partial charge in [-0.3, -0.25) is 4.90 Å². The standard InChI is InChI=1S/C17H23ClN2O/c1-3-20(13-14-7-6-12-21-14)11-10-17(19-2)15-8-4-5-9-16(15)18/h4-9,12,17,19H,3,10-11,13H2,1-2H3. The van der Waals surface area contributed by atoms with Crippen molar-refractivity contribution in [1.29, 1.82) is 0 Å². The first kappa shape index (κ1) is 16.1. The number of halogens is 1. The van der Waals surface area contributed by atoms with Gasteiger partial charge in [0.05, 0.1) is 12.8 Å². The summed E-state index contributed by atoms with van der Waals surface area (Å²) in [5, 5.41) is 4.19. The van der Waals surface area contributed by atoms with Crippen molar-refractivity contribution in [2.75, 3.05) is 20.1 Å². The van der Waals surface area contributed by atoms with Crippen LogP contribution >= 0.6 is 11.6 Å². The fraction of sp³-hybridized carbons (Fsp3) is 0.412. The van der Waals surface area contributed by atoms with Crippen LogP contribution in [-0.4, -0.2) is 25.0 Å². The Morgan fingerprint density at radius 2 is 2.05 bits per heavy atom. The molecule has 1 unspecified atom stereocenters. The first-order valence-corrected chi connectivity index (χ1v) is 7.78. The number of nitrogens with zero attached hydrogens (tertiary/aromatic N) is 1. The molecule has 4 heteroatoms. The lowest BCUT2D eigenvalue weighted by molar-refractivity contribution is 0.242. The Labute approximate surface area is 131 Å². The van der Waals surface area contributed by atoms with Crippen molar-refractivity contribution in [2.24, 2.45) is 0 Å². The maximum absolute atomic E-state index is 6.29. The van der Waals surface area contributed by atoms with Gasteiger partial charge in [0.15, 0.2) is 0 Å². The van der Waals surface area contributed by atoms with Crippen LogP contribution in [0.15, 0.2) is 47.1 Å². The van der Waals surface area contributed by atoms with Gasteiger partial charge in [-0.1, -0.05) is 36.7 Å². The van der Waals surface area contributed by atoms with Crippen LogP contribution in [-0.2, 0) is 6.54 Å². The highest BCUT2D eigenvalue weighted by molar-refractivity contribution is 6.31. The zero-order valence-electron chi connectivity index (χ0n) is 12.7. The van der Waals surface area contributed by atoms with Gasteiger partial charge in [-0.25, -0.2) is 0 Å². The maximum Gasteiger partial charge on any atom is 0.117 e. The van der Waals surface area contributed by atoms with Crippen LogP contribution in [0.5, 0.6) is 0 Å². The molecule has 1 aromatic carbocycles. The SMILES string of the molecule is CCN(CCC(NC)c1ccccc1Cl)Cc1ccco1. The third kappa shape index (κ3) is 4.60. The molecule has 1 aromatic heterocycles. The summed E-state index contributed by atoms with van der Waals surface area (Å²) in [6.07, 6.45) is 2.73. The van der Waals surface area contributed by atoms with Crippen molar-refractivity contribution in [2.45, 2.75) is 25.9 Å². The highest BCUT2D eigenvalue weighted by Crippen LogP contribution is 2.25. The van der Waals surface area contributed by atoms with Gasteiger partial charge in [-0.2, -0.15) is 0 Å². The highest BCUT2D eigenvalue weighted by atomic mass is 35.5. The molecular weight excluding hydrogens is 284 g/mol. The quantitative estimate of drug-likeness (QED) is 0.795. The van der Waals surface area contributed by atoms with Gasteiger partial charge in [0, 0.05) is 17.6 Å². The molecule has 1 atom stereocenters. The van der Waals surface area contributed by atoms with E-state index in [0.717, 1.165) is 42.4 Å². The normalized spacial score (nSPS) is 12.8. The molecule has 0 aliphatic rings. The van der Waals surface area contributed by atoms with Crippen molar-refractivity contribution in [3.63, 3.8) is 0 Å². The van der Waals surface area contributed by atoms with E-state index in [1.807, 2.05) is 37.4 Å². The van der Waals surface area contributed by atoms with Gasteiger partial charge in [0.25, 0.3) is 0 Å². The van der Waals surface area contributed by atoms with Crippen molar-refractivity contribution in [3.05, 3.63) is 59.0 Å². The van der Waals surface area contributed by atoms with Crippen LogP contribution in [0.1, 0.15) is 30.7 Å². The number of furan rings is 1. The Morgan fingerprint density at radius 1 is 1.24 bits per heavy atom. The molecule has 0 aliphatic heterocycles. The van der Waals surface area contributed by atoms with E-state index < -0.39 is 0 Å². The lowest BCUT2D eigenvalue weighted by Crippen LogP contribution is -2.28. The summed E-state index contributed by atoms with van der Waals surface area (Å²) < 4.78 is 5.42. The van der Waals surface area contributed by atoms with Crippen LogP contribution in [0.25, 0.3) is 0 Å². The lowest BCUT2D eigenvalue weighted by atomic mass is 10.0. The summed E-state index contributed by atoms with van der Waals surface area (Å²) in [4.78, 5) is 2.38. The largest absolute Gasteiger partial charge is 0.468 e. The molecular formula is C17H23ClN2O. The van der Waals surface area contributed by atoms with E-state index in [0.29, 0.717) is 0 Å². The number of hydrogen-bond donors (Lipinski definition) is 1. The Kier molecular flexibility index (Phi) is 6.30. The first-order valence-electron chi connectivity index (χ1n) is 7.41. The molecule has 0 bridgehead atoms. The molecule has 1 heterocycles. The highest BCUT2D eigenvalue weighted by Gasteiger charge is 2.14. The zero-order valence-corrected chi connectivity index (χ0v) is 13.4. The minimum Gasteiger partial charge on any atom is -0.468 e. The first-order chi connectivity index (χ1) is 10.2. The number of benzene rings is 1. The van der Waals surface area contributed by atoms with Crippen molar-refractivity contribution in [3.8, 4) is 0 Å².